The molecule has 6 heteroatoms. The van der Waals surface area contributed by atoms with E-state index < -0.39 is 17.9 Å². The molecule has 1 heterocycles. The van der Waals surface area contributed by atoms with E-state index in [2.05, 4.69) is 0 Å². The summed E-state index contributed by atoms with van der Waals surface area (Å²) in [6, 6.07) is 3.63. The first-order valence-electron chi connectivity index (χ1n) is 8.51. The van der Waals surface area contributed by atoms with Gasteiger partial charge in [-0.05, 0) is 44.1 Å². The van der Waals surface area contributed by atoms with Crippen LogP contribution in [0.1, 0.15) is 49.2 Å². The van der Waals surface area contributed by atoms with Crippen molar-refractivity contribution in [3.05, 3.63) is 22.4 Å². The Hall–Kier alpha value is -1.69. The van der Waals surface area contributed by atoms with Gasteiger partial charge in [0.15, 0.2) is 11.7 Å². The highest BCUT2D eigenvalue weighted by molar-refractivity contribution is 7.12. The molecule has 0 amide bonds. The van der Waals surface area contributed by atoms with Crippen LogP contribution in [0.3, 0.4) is 0 Å². The first-order chi connectivity index (χ1) is 11.6. The van der Waals surface area contributed by atoms with Crippen LogP contribution in [0.2, 0.25) is 0 Å². The van der Waals surface area contributed by atoms with Gasteiger partial charge in [0.1, 0.15) is 0 Å². The molecule has 0 unspecified atom stereocenters. The lowest BCUT2D eigenvalue weighted by molar-refractivity contribution is -0.165. The zero-order valence-electron chi connectivity index (χ0n) is 14.2. The average molecular weight is 352 g/mol. The molecular weight excluding hydrogens is 328 g/mol. The van der Waals surface area contributed by atoms with Crippen LogP contribution in [0.5, 0.6) is 0 Å². The average Bonchev–Trinajstić information content (AvgIpc) is 3.10. The van der Waals surface area contributed by atoms with Crippen molar-refractivity contribution in [2.24, 2.45) is 17.8 Å². The summed E-state index contributed by atoms with van der Waals surface area (Å²) in [6.07, 6.45) is 3.17. The lowest BCUT2D eigenvalue weighted by Gasteiger charge is -2.33. The third-order valence-corrected chi connectivity index (χ3v) is 5.31. The Bertz CT molecular complexity index is 548. The third kappa shape index (κ3) is 4.23. The Balaban J connectivity index is 2.28. The van der Waals surface area contributed by atoms with E-state index in [1.165, 1.54) is 11.3 Å². The van der Waals surface area contributed by atoms with Crippen LogP contribution in [-0.4, -0.2) is 30.9 Å². The summed E-state index contributed by atoms with van der Waals surface area (Å²) in [5.41, 5.74) is 0. The number of hydrogen-bond donors (Lipinski definition) is 0. The molecule has 0 aliphatic heterocycles. The molecule has 0 N–H and O–H groups in total. The first kappa shape index (κ1) is 18.6. The van der Waals surface area contributed by atoms with E-state index in [0.29, 0.717) is 17.7 Å². The van der Waals surface area contributed by atoms with Crippen molar-refractivity contribution in [1.29, 1.82) is 0 Å². The van der Waals surface area contributed by atoms with Crippen molar-refractivity contribution in [2.45, 2.75) is 39.5 Å². The van der Waals surface area contributed by atoms with Crippen LogP contribution >= 0.6 is 11.3 Å². The molecule has 0 aromatic carbocycles. The van der Waals surface area contributed by atoms with Crippen molar-refractivity contribution < 1.29 is 23.9 Å². The highest BCUT2D eigenvalue weighted by Crippen LogP contribution is 2.39. The minimum absolute atomic E-state index is 0.0216. The van der Waals surface area contributed by atoms with Gasteiger partial charge in [-0.3, -0.25) is 14.4 Å². The van der Waals surface area contributed by atoms with Gasteiger partial charge >= 0.3 is 11.9 Å². The SMILES string of the molecule is CCOC(=O)C(C(=O)OCC)[C@@H]1CCCC[C@H]1C(=O)c1cccs1. The van der Waals surface area contributed by atoms with Gasteiger partial charge in [-0.15, -0.1) is 11.3 Å². The van der Waals surface area contributed by atoms with Crippen LogP contribution in [-0.2, 0) is 19.1 Å². The monoisotopic (exact) mass is 352 g/mol. The number of carbonyl (C=O) groups is 3. The number of thiophene rings is 1. The molecule has 1 aliphatic carbocycles. The number of rotatable bonds is 7. The van der Waals surface area contributed by atoms with Gasteiger partial charge in [0.25, 0.3) is 0 Å². The molecule has 0 radical (unpaired) electrons. The van der Waals surface area contributed by atoms with E-state index in [0.717, 1.165) is 12.8 Å². The molecule has 0 saturated heterocycles. The largest absolute Gasteiger partial charge is 0.465 e. The molecule has 2 atom stereocenters. The topological polar surface area (TPSA) is 69.7 Å². The second kappa shape index (κ2) is 8.97. The van der Waals surface area contributed by atoms with E-state index in [9.17, 15) is 14.4 Å². The zero-order valence-corrected chi connectivity index (χ0v) is 15.0. The molecule has 1 aromatic heterocycles. The number of ketones is 1. The summed E-state index contributed by atoms with van der Waals surface area (Å²) in [6.45, 7) is 3.81. The van der Waals surface area contributed by atoms with E-state index in [1.54, 1.807) is 19.9 Å². The van der Waals surface area contributed by atoms with Crippen LogP contribution in [0, 0.1) is 17.8 Å². The van der Waals surface area contributed by atoms with E-state index >= 15 is 0 Å². The van der Waals surface area contributed by atoms with Gasteiger partial charge in [-0.2, -0.15) is 0 Å². The molecular formula is C18H24O5S. The fraction of sp³-hybridized carbons (Fsp3) is 0.611. The molecule has 1 aromatic rings. The number of esters is 2. The summed E-state index contributed by atoms with van der Waals surface area (Å²) in [5.74, 6) is -2.84. The molecule has 0 bridgehead atoms. The molecule has 24 heavy (non-hydrogen) atoms. The lowest BCUT2D eigenvalue weighted by Crippen LogP contribution is -2.41. The van der Waals surface area contributed by atoms with Gasteiger partial charge in [-0.1, -0.05) is 18.9 Å². The molecule has 132 valence electrons. The highest BCUT2D eigenvalue weighted by Gasteiger charge is 2.45. The lowest BCUT2D eigenvalue weighted by atomic mass is 9.70. The number of Topliss-reactive ketones (excluding diaryl/α,β-unsaturated/α-hetero) is 1. The van der Waals surface area contributed by atoms with Crippen molar-refractivity contribution >= 4 is 29.1 Å². The smallest absolute Gasteiger partial charge is 0.320 e. The number of carbonyl (C=O) groups excluding carboxylic acids is 3. The van der Waals surface area contributed by atoms with E-state index in [-0.39, 0.29) is 30.8 Å². The van der Waals surface area contributed by atoms with Crippen LogP contribution in [0.15, 0.2) is 17.5 Å². The molecule has 0 spiro atoms. The fourth-order valence-corrected chi connectivity index (χ4v) is 4.12. The molecule has 2 rings (SSSR count). The minimum atomic E-state index is -1.01. The Morgan fingerprint density at radius 2 is 1.75 bits per heavy atom. The van der Waals surface area contributed by atoms with Crippen LogP contribution in [0.25, 0.3) is 0 Å². The Labute approximate surface area is 146 Å². The minimum Gasteiger partial charge on any atom is -0.465 e. The Morgan fingerprint density at radius 1 is 1.12 bits per heavy atom. The van der Waals surface area contributed by atoms with Gasteiger partial charge in [-0.25, -0.2) is 0 Å². The van der Waals surface area contributed by atoms with Gasteiger partial charge < -0.3 is 9.47 Å². The second-order valence-corrected chi connectivity index (χ2v) is 6.83. The summed E-state index contributed by atoms with van der Waals surface area (Å²) in [5, 5.41) is 1.86. The van der Waals surface area contributed by atoms with E-state index in [4.69, 9.17) is 9.47 Å². The maximum absolute atomic E-state index is 12.8. The summed E-state index contributed by atoms with van der Waals surface area (Å²) >= 11 is 1.39. The number of ether oxygens (including phenoxy) is 2. The summed E-state index contributed by atoms with van der Waals surface area (Å²) < 4.78 is 10.2. The Morgan fingerprint density at radius 3 is 2.29 bits per heavy atom. The maximum Gasteiger partial charge on any atom is 0.320 e. The molecule has 1 aliphatic rings. The van der Waals surface area contributed by atoms with Crippen molar-refractivity contribution in [1.82, 2.24) is 0 Å². The predicted molar refractivity (Wildman–Crippen MR) is 90.9 cm³/mol. The van der Waals surface area contributed by atoms with Crippen molar-refractivity contribution in [3.63, 3.8) is 0 Å². The van der Waals surface area contributed by atoms with Crippen molar-refractivity contribution in [2.75, 3.05) is 13.2 Å². The van der Waals surface area contributed by atoms with Crippen molar-refractivity contribution in [3.8, 4) is 0 Å². The van der Waals surface area contributed by atoms with Gasteiger partial charge in [0, 0.05) is 5.92 Å². The predicted octanol–water partition coefficient (Wildman–Crippen LogP) is 3.48. The fourth-order valence-electron chi connectivity index (χ4n) is 3.40. The van der Waals surface area contributed by atoms with E-state index in [1.807, 2.05) is 11.4 Å². The normalized spacial score (nSPS) is 20.6. The Kier molecular flexibility index (Phi) is 6.97. The highest BCUT2D eigenvalue weighted by atomic mass is 32.1. The van der Waals surface area contributed by atoms with Crippen LogP contribution < -0.4 is 0 Å². The van der Waals surface area contributed by atoms with Gasteiger partial charge in [0.2, 0.25) is 0 Å². The summed E-state index contributed by atoms with van der Waals surface area (Å²) in [4.78, 5) is 38.3. The molecule has 1 saturated carbocycles. The molecule has 1 fully saturated rings. The standard InChI is InChI=1S/C18H24O5S/c1-3-22-17(20)15(18(21)23-4-2)12-8-5-6-9-13(12)16(19)14-10-7-11-24-14/h7,10-13,15H,3-6,8-9H2,1-2H3/t12-,13-/m1/s1. The van der Waals surface area contributed by atoms with Crippen LogP contribution in [0.4, 0.5) is 0 Å². The summed E-state index contributed by atoms with van der Waals surface area (Å²) in [7, 11) is 0. The van der Waals surface area contributed by atoms with Gasteiger partial charge in [0.05, 0.1) is 18.1 Å². The zero-order chi connectivity index (χ0) is 17.5. The number of hydrogen-bond acceptors (Lipinski definition) is 6. The molecule has 5 nitrogen and oxygen atoms in total. The first-order valence-corrected chi connectivity index (χ1v) is 9.39. The quantitative estimate of drug-likeness (QED) is 0.427. The third-order valence-electron chi connectivity index (χ3n) is 4.43. The second-order valence-electron chi connectivity index (χ2n) is 5.88. The maximum atomic E-state index is 12.8.